The van der Waals surface area contributed by atoms with Gasteiger partial charge in [0.05, 0.1) is 5.56 Å². The predicted octanol–water partition coefficient (Wildman–Crippen LogP) is 2.79. The van der Waals surface area contributed by atoms with Crippen molar-refractivity contribution >= 4 is 11.7 Å². The lowest BCUT2D eigenvalue weighted by Gasteiger charge is -2.08. The summed E-state index contributed by atoms with van der Waals surface area (Å²) in [4.78, 5) is 15.7. The molecule has 2 aromatic rings. The molecule has 0 unspecified atom stereocenters. The quantitative estimate of drug-likeness (QED) is 0.914. The summed E-state index contributed by atoms with van der Waals surface area (Å²) in [5.74, 6) is -2.68. The van der Waals surface area contributed by atoms with Gasteiger partial charge < -0.3 is 5.32 Å². The van der Waals surface area contributed by atoms with E-state index in [0.717, 1.165) is 6.07 Å². The smallest absolute Gasteiger partial charge is 0.262 e. The average Bonchev–Trinajstić information content (AvgIpc) is 2.44. The van der Waals surface area contributed by atoms with Crippen LogP contribution in [0, 0.1) is 29.9 Å². The van der Waals surface area contributed by atoms with E-state index < -0.39 is 23.1 Å². The minimum Gasteiger partial charge on any atom is -0.306 e. The maximum atomic E-state index is 13.8. The summed E-state index contributed by atoms with van der Waals surface area (Å²) >= 11 is 0. The highest BCUT2D eigenvalue weighted by atomic mass is 19.1. The molecule has 0 aliphatic rings. The van der Waals surface area contributed by atoms with Gasteiger partial charge in [-0.25, -0.2) is 13.8 Å². The summed E-state index contributed by atoms with van der Waals surface area (Å²) in [5.41, 5.74) is -0.170. The number of halogens is 2. The fourth-order valence-corrected chi connectivity index (χ4v) is 1.58. The van der Waals surface area contributed by atoms with Gasteiger partial charge in [-0.15, -0.1) is 0 Å². The molecule has 0 radical (unpaired) electrons. The fourth-order valence-electron chi connectivity index (χ4n) is 1.58. The van der Waals surface area contributed by atoms with Gasteiger partial charge in [0.2, 0.25) is 0 Å². The number of carbonyl (C=O) groups is 1. The van der Waals surface area contributed by atoms with Crippen LogP contribution < -0.4 is 5.32 Å². The molecule has 0 saturated heterocycles. The molecule has 1 N–H and O–H groups in total. The number of nitrogens with one attached hydrogen (secondary N) is 1. The third-order valence-electron chi connectivity index (χ3n) is 2.65. The van der Waals surface area contributed by atoms with Crippen LogP contribution in [-0.4, -0.2) is 10.9 Å². The maximum absolute atomic E-state index is 13.8. The molecule has 0 aliphatic carbocycles. The Balaban J connectivity index is 2.28. The second-order valence-corrected chi connectivity index (χ2v) is 4.05. The van der Waals surface area contributed by atoms with Gasteiger partial charge in [-0.3, -0.25) is 4.79 Å². The van der Waals surface area contributed by atoms with E-state index in [1.807, 2.05) is 6.07 Å². The van der Waals surface area contributed by atoms with Gasteiger partial charge in [0.1, 0.15) is 29.1 Å². The number of hydrogen-bond donors (Lipinski definition) is 1. The lowest BCUT2D eigenvalue weighted by atomic mass is 10.1. The first-order valence-corrected chi connectivity index (χ1v) is 5.65. The zero-order valence-electron chi connectivity index (χ0n) is 10.4. The number of nitriles is 1. The Morgan fingerprint density at radius 3 is 2.65 bits per heavy atom. The highest BCUT2D eigenvalue weighted by Crippen LogP contribution is 2.17. The summed E-state index contributed by atoms with van der Waals surface area (Å²) in [6.07, 6.45) is 1.25. The van der Waals surface area contributed by atoms with Gasteiger partial charge in [0.25, 0.3) is 5.91 Å². The van der Waals surface area contributed by atoms with Crippen LogP contribution in [0.3, 0.4) is 0 Å². The first kappa shape index (κ1) is 13.6. The third kappa shape index (κ3) is 2.62. The molecule has 0 atom stereocenters. The number of nitrogens with zero attached hydrogens (tertiary/aromatic N) is 2. The second-order valence-electron chi connectivity index (χ2n) is 4.05. The van der Waals surface area contributed by atoms with E-state index in [-0.39, 0.29) is 11.4 Å². The highest BCUT2D eigenvalue weighted by Gasteiger charge is 2.19. The van der Waals surface area contributed by atoms with Gasteiger partial charge in [-0.1, -0.05) is 6.07 Å². The summed E-state index contributed by atoms with van der Waals surface area (Å²) in [6.45, 7) is 1.44. The Bertz CT molecular complexity index is 706. The summed E-state index contributed by atoms with van der Waals surface area (Å²) < 4.78 is 27.3. The second kappa shape index (κ2) is 5.45. The molecule has 1 amide bonds. The molecule has 1 aromatic carbocycles. The molecule has 100 valence electrons. The van der Waals surface area contributed by atoms with Gasteiger partial charge in [-0.2, -0.15) is 5.26 Å². The zero-order chi connectivity index (χ0) is 14.7. The van der Waals surface area contributed by atoms with Crippen LogP contribution in [0.4, 0.5) is 14.6 Å². The lowest BCUT2D eigenvalue weighted by molar-refractivity contribution is 0.101. The van der Waals surface area contributed by atoms with Crippen LogP contribution in [0.1, 0.15) is 21.5 Å². The first-order valence-electron chi connectivity index (χ1n) is 5.65. The van der Waals surface area contributed by atoms with Crippen LogP contribution >= 0.6 is 0 Å². The molecular formula is C14H9F2N3O. The van der Waals surface area contributed by atoms with E-state index in [1.165, 1.54) is 31.3 Å². The molecular weight excluding hydrogens is 264 g/mol. The summed E-state index contributed by atoms with van der Waals surface area (Å²) in [7, 11) is 0. The van der Waals surface area contributed by atoms with Gasteiger partial charge in [-0.05, 0) is 30.7 Å². The molecule has 0 spiro atoms. The Kier molecular flexibility index (Phi) is 3.71. The number of rotatable bonds is 2. The number of aryl methyl sites for hydroxylation is 1. The third-order valence-corrected chi connectivity index (χ3v) is 2.65. The molecule has 0 bridgehead atoms. The number of aromatic nitrogens is 1. The lowest BCUT2D eigenvalue weighted by Crippen LogP contribution is -2.17. The van der Waals surface area contributed by atoms with Crippen molar-refractivity contribution in [1.82, 2.24) is 4.98 Å². The van der Waals surface area contributed by atoms with Crippen molar-refractivity contribution < 1.29 is 13.6 Å². The maximum Gasteiger partial charge on any atom is 0.262 e. The van der Waals surface area contributed by atoms with Crippen LogP contribution in [0.25, 0.3) is 0 Å². The number of benzene rings is 1. The zero-order valence-corrected chi connectivity index (χ0v) is 10.4. The van der Waals surface area contributed by atoms with Gasteiger partial charge in [0, 0.05) is 6.20 Å². The van der Waals surface area contributed by atoms with Crippen LogP contribution in [0.15, 0.2) is 30.5 Å². The molecule has 2 rings (SSSR count). The molecule has 1 aromatic heterocycles. The fraction of sp³-hybridized carbons (Fsp3) is 0.0714. The van der Waals surface area contributed by atoms with Crippen molar-refractivity contribution in [3.05, 3.63) is 58.8 Å². The van der Waals surface area contributed by atoms with E-state index in [4.69, 9.17) is 5.26 Å². The number of pyridine rings is 1. The molecule has 0 aliphatic heterocycles. The van der Waals surface area contributed by atoms with Crippen molar-refractivity contribution in [2.75, 3.05) is 5.32 Å². The van der Waals surface area contributed by atoms with Gasteiger partial charge in [0.15, 0.2) is 0 Å². The first-order chi connectivity index (χ1) is 9.52. The van der Waals surface area contributed by atoms with Crippen molar-refractivity contribution in [3.63, 3.8) is 0 Å². The Hall–Kier alpha value is -2.81. The number of carbonyl (C=O) groups excluding carboxylic acids is 1. The van der Waals surface area contributed by atoms with E-state index in [0.29, 0.717) is 5.56 Å². The van der Waals surface area contributed by atoms with Crippen LogP contribution in [-0.2, 0) is 0 Å². The Morgan fingerprint density at radius 1 is 1.30 bits per heavy atom. The van der Waals surface area contributed by atoms with E-state index in [2.05, 4.69) is 10.3 Å². The summed E-state index contributed by atoms with van der Waals surface area (Å²) in [6, 6.07) is 6.96. The largest absolute Gasteiger partial charge is 0.306 e. The minimum atomic E-state index is -0.945. The van der Waals surface area contributed by atoms with Crippen LogP contribution in [0.5, 0.6) is 0 Å². The van der Waals surface area contributed by atoms with E-state index in [9.17, 15) is 13.6 Å². The molecule has 6 heteroatoms. The molecule has 0 fully saturated rings. The standard InChI is InChI=1S/C14H9F2N3O/c1-8-2-4-10(15)12(13(8)16)14(20)19-11-5-3-9(6-17)7-18-11/h2-5,7H,1H3,(H,18,19,20). The number of amides is 1. The normalized spacial score (nSPS) is 9.90. The average molecular weight is 273 g/mol. The molecule has 0 saturated carbocycles. The highest BCUT2D eigenvalue weighted by molar-refractivity contribution is 6.04. The number of hydrogen-bond acceptors (Lipinski definition) is 3. The SMILES string of the molecule is Cc1ccc(F)c(C(=O)Nc2ccc(C#N)cn2)c1F. The minimum absolute atomic E-state index is 0.106. The summed E-state index contributed by atoms with van der Waals surface area (Å²) in [5, 5.41) is 10.9. The van der Waals surface area contributed by atoms with Crippen molar-refractivity contribution in [2.24, 2.45) is 0 Å². The van der Waals surface area contributed by atoms with E-state index >= 15 is 0 Å². The van der Waals surface area contributed by atoms with E-state index in [1.54, 1.807) is 0 Å². The van der Waals surface area contributed by atoms with Crippen molar-refractivity contribution in [2.45, 2.75) is 6.92 Å². The number of anilines is 1. The van der Waals surface area contributed by atoms with Crippen molar-refractivity contribution in [1.29, 1.82) is 5.26 Å². The topological polar surface area (TPSA) is 65.8 Å². The molecule has 1 heterocycles. The predicted molar refractivity (Wildman–Crippen MR) is 68.0 cm³/mol. The van der Waals surface area contributed by atoms with Gasteiger partial charge >= 0.3 is 0 Å². The Labute approximate surface area is 113 Å². The molecule has 4 nitrogen and oxygen atoms in total. The Morgan fingerprint density at radius 2 is 2.05 bits per heavy atom. The molecule has 20 heavy (non-hydrogen) atoms. The monoisotopic (exact) mass is 273 g/mol. The van der Waals surface area contributed by atoms with Crippen molar-refractivity contribution in [3.8, 4) is 6.07 Å². The van der Waals surface area contributed by atoms with Crippen LogP contribution in [0.2, 0.25) is 0 Å².